The standard InChI is InChI=1S/C17H21ClN2O/c1-4-19-12-13-8-9-16(11-17(13)18)21-15-7-5-6-14(10-15)20(2)3/h5-11,19H,4,12H2,1-3H3. The Hall–Kier alpha value is -1.71. The van der Waals surface area contributed by atoms with Crippen LogP contribution in [-0.2, 0) is 6.54 Å². The van der Waals surface area contributed by atoms with Crippen LogP contribution in [0.2, 0.25) is 5.02 Å². The number of benzene rings is 2. The van der Waals surface area contributed by atoms with E-state index in [2.05, 4.69) is 12.2 Å². The lowest BCUT2D eigenvalue weighted by Gasteiger charge is -2.14. The molecule has 0 fully saturated rings. The quantitative estimate of drug-likeness (QED) is 0.860. The molecular formula is C17H21ClN2O. The molecule has 21 heavy (non-hydrogen) atoms. The third kappa shape index (κ3) is 4.38. The van der Waals surface area contributed by atoms with E-state index in [4.69, 9.17) is 16.3 Å². The van der Waals surface area contributed by atoms with Crippen LogP contribution in [0.3, 0.4) is 0 Å². The summed E-state index contributed by atoms with van der Waals surface area (Å²) >= 11 is 6.28. The van der Waals surface area contributed by atoms with Crippen molar-refractivity contribution in [2.24, 2.45) is 0 Å². The molecular weight excluding hydrogens is 284 g/mol. The van der Waals surface area contributed by atoms with Gasteiger partial charge in [-0.3, -0.25) is 0 Å². The van der Waals surface area contributed by atoms with Gasteiger partial charge in [-0.05, 0) is 36.4 Å². The van der Waals surface area contributed by atoms with Gasteiger partial charge in [0.15, 0.2) is 0 Å². The molecule has 0 aliphatic carbocycles. The van der Waals surface area contributed by atoms with E-state index in [1.165, 1.54) is 0 Å². The van der Waals surface area contributed by atoms with Gasteiger partial charge in [-0.15, -0.1) is 0 Å². The Morgan fingerprint density at radius 3 is 2.52 bits per heavy atom. The summed E-state index contributed by atoms with van der Waals surface area (Å²) in [5.41, 5.74) is 2.18. The molecule has 0 amide bonds. The topological polar surface area (TPSA) is 24.5 Å². The van der Waals surface area contributed by atoms with Crippen LogP contribution in [0.15, 0.2) is 42.5 Å². The molecule has 2 aromatic rings. The van der Waals surface area contributed by atoms with Gasteiger partial charge in [-0.1, -0.05) is 30.7 Å². The Kier molecular flexibility index (Phi) is 5.48. The van der Waals surface area contributed by atoms with Crippen LogP contribution in [0.5, 0.6) is 11.5 Å². The minimum Gasteiger partial charge on any atom is -0.457 e. The molecule has 2 aromatic carbocycles. The number of hydrogen-bond donors (Lipinski definition) is 1. The zero-order valence-electron chi connectivity index (χ0n) is 12.7. The van der Waals surface area contributed by atoms with Gasteiger partial charge in [0.1, 0.15) is 11.5 Å². The van der Waals surface area contributed by atoms with Crippen LogP contribution in [0.4, 0.5) is 5.69 Å². The SMILES string of the molecule is CCNCc1ccc(Oc2cccc(N(C)C)c2)cc1Cl. The largest absolute Gasteiger partial charge is 0.457 e. The number of nitrogens with one attached hydrogen (secondary N) is 1. The molecule has 4 heteroatoms. The summed E-state index contributed by atoms with van der Waals surface area (Å²) in [5.74, 6) is 1.55. The van der Waals surface area contributed by atoms with Crippen LogP contribution in [-0.4, -0.2) is 20.6 Å². The van der Waals surface area contributed by atoms with Crippen molar-refractivity contribution in [3.05, 3.63) is 53.1 Å². The number of nitrogens with zero attached hydrogens (tertiary/aromatic N) is 1. The van der Waals surface area contributed by atoms with Crippen molar-refractivity contribution < 1.29 is 4.74 Å². The molecule has 1 N–H and O–H groups in total. The van der Waals surface area contributed by atoms with Crippen molar-refractivity contribution in [1.29, 1.82) is 0 Å². The fraction of sp³-hybridized carbons (Fsp3) is 0.294. The molecule has 3 nitrogen and oxygen atoms in total. The maximum atomic E-state index is 6.28. The van der Waals surface area contributed by atoms with Gasteiger partial charge in [-0.25, -0.2) is 0 Å². The van der Waals surface area contributed by atoms with Gasteiger partial charge < -0.3 is 15.0 Å². The second kappa shape index (κ2) is 7.34. The zero-order chi connectivity index (χ0) is 15.2. The Morgan fingerprint density at radius 1 is 1.10 bits per heavy atom. The number of ether oxygens (including phenoxy) is 1. The molecule has 0 heterocycles. The number of rotatable bonds is 6. The van der Waals surface area contributed by atoms with Crippen molar-refractivity contribution >= 4 is 17.3 Å². The van der Waals surface area contributed by atoms with Crippen molar-refractivity contribution in [1.82, 2.24) is 5.32 Å². The van der Waals surface area contributed by atoms with Gasteiger partial charge >= 0.3 is 0 Å². The van der Waals surface area contributed by atoms with E-state index in [1.54, 1.807) is 0 Å². The van der Waals surface area contributed by atoms with E-state index in [1.807, 2.05) is 61.5 Å². The Balaban J connectivity index is 2.12. The minimum absolute atomic E-state index is 0.720. The highest BCUT2D eigenvalue weighted by Gasteiger charge is 2.04. The highest BCUT2D eigenvalue weighted by Crippen LogP contribution is 2.28. The first-order valence-electron chi connectivity index (χ1n) is 7.04. The molecule has 0 unspecified atom stereocenters. The second-order valence-corrected chi connectivity index (χ2v) is 5.43. The normalized spacial score (nSPS) is 10.5. The molecule has 0 aromatic heterocycles. The van der Waals surface area contributed by atoms with Crippen LogP contribution in [0.25, 0.3) is 0 Å². The molecule has 2 rings (SSSR count). The van der Waals surface area contributed by atoms with E-state index in [-0.39, 0.29) is 0 Å². The van der Waals surface area contributed by atoms with Crippen LogP contribution in [0, 0.1) is 0 Å². The maximum Gasteiger partial charge on any atom is 0.129 e. The third-order valence-electron chi connectivity index (χ3n) is 3.16. The zero-order valence-corrected chi connectivity index (χ0v) is 13.4. The summed E-state index contributed by atoms with van der Waals surface area (Å²) in [6.07, 6.45) is 0. The summed E-state index contributed by atoms with van der Waals surface area (Å²) in [6.45, 7) is 3.76. The molecule has 0 aliphatic heterocycles. The van der Waals surface area contributed by atoms with E-state index in [0.717, 1.165) is 40.9 Å². The lowest BCUT2D eigenvalue weighted by Crippen LogP contribution is -2.11. The fourth-order valence-corrected chi connectivity index (χ4v) is 2.19. The van der Waals surface area contributed by atoms with E-state index < -0.39 is 0 Å². The first-order chi connectivity index (χ1) is 10.1. The highest BCUT2D eigenvalue weighted by atomic mass is 35.5. The lowest BCUT2D eigenvalue weighted by atomic mass is 10.2. The second-order valence-electron chi connectivity index (χ2n) is 5.03. The summed E-state index contributed by atoms with van der Waals surface area (Å²) in [7, 11) is 4.01. The van der Waals surface area contributed by atoms with Crippen molar-refractivity contribution in [3.63, 3.8) is 0 Å². The molecule has 0 atom stereocenters. The van der Waals surface area contributed by atoms with Gasteiger partial charge in [0.2, 0.25) is 0 Å². The number of halogens is 1. The Bertz CT molecular complexity index is 599. The fourth-order valence-electron chi connectivity index (χ4n) is 1.96. The minimum atomic E-state index is 0.720. The average molecular weight is 305 g/mol. The van der Waals surface area contributed by atoms with Gasteiger partial charge in [0.25, 0.3) is 0 Å². The first-order valence-corrected chi connectivity index (χ1v) is 7.42. The predicted octanol–water partition coefficient (Wildman–Crippen LogP) is 4.31. The number of anilines is 1. The molecule has 0 saturated carbocycles. The number of hydrogen-bond acceptors (Lipinski definition) is 3. The highest BCUT2D eigenvalue weighted by molar-refractivity contribution is 6.31. The maximum absolute atomic E-state index is 6.28. The van der Waals surface area contributed by atoms with Crippen LogP contribution >= 0.6 is 11.6 Å². The molecule has 0 spiro atoms. The van der Waals surface area contributed by atoms with Gasteiger partial charge in [0.05, 0.1) is 0 Å². The summed E-state index contributed by atoms with van der Waals surface area (Å²) in [6, 6.07) is 13.8. The smallest absolute Gasteiger partial charge is 0.129 e. The Labute approximate surface area is 131 Å². The molecule has 0 bridgehead atoms. The van der Waals surface area contributed by atoms with Crippen molar-refractivity contribution in [2.75, 3.05) is 25.5 Å². The van der Waals surface area contributed by atoms with Crippen LogP contribution < -0.4 is 15.0 Å². The lowest BCUT2D eigenvalue weighted by molar-refractivity contribution is 0.482. The molecule has 0 aliphatic rings. The van der Waals surface area contributed by atoms with Gasteiger partial charge in [-0.2, -0.15) is 0 Å². The molecule has 0 radical (unpaired) electrons. The van der Waals surface area contributed by atoms with Crippen molar-refractivity contribution in [2.45, 2.75) is 13.5 Å². The summed E-state index contributed by atoms with van der Waals surface area (Å²) in [4.78, 5) is 2.04. The first kappa shape index (κ1) is 15.7. The van der Waals surface area contributed by atoms with Crippen molar-refractivity contribution in [3.8, 4) is 11.5 Å². The molecule has 112 valence electrons. The molecule has 0 saturated heterocycles. The monoisotopic (exact) mass is 304 g/mol. The Morgan fingerprint density at radius 2 is 1.86 bits per heavy atom. The van der Waals surface area contributed by atoms with Crippen LogP contribution in [0.1, 0.15) is 12.5 Å². The summed E-state index contributed by atoms with van der Waals surface area (Å²) in [5, 5.41) is 3.98. The third-order valence-corrected chi connectivity index (χ3v) is 3.51. The van der Waals surface area contributed by atoms with E-state index >= 15 is 0 Å². The average Bonchev–Trinajstić information content (AvgIpc) is 2.47. The van der Waals surface area contributed by atoms with E-state index in [9.17, 15) is 0 Å². The summed E-state index contributed by atoms with van der Waals surface area (Å²) < 4.78 is 5.88. The van der Waals surface area contributed by atoms with Gasteiger partial charge in [0, 0.05) is 37.4 Å². The van der Waals surface area contributed by atoms with E-state index in [0.29, 0.717) is 0 Å². The predicted molar refractivity (Wildman–Crippen MR) is 89.7 cm³/mol.